The predicted octanol–water partition coefficient (Wildman–Crippen LogP) is 3.70. The highest BCUT2D eigenvalue weighted by Gasteiger charge is 2.51. The summed E-state index contributed by atoms with van der Waals surface area (Å²) in [6.45, 7) is 4.02. The molecule has 0 aromatic heterocycles. The van der Waals surface area contributed by atoms with E-state index in [1.54, 1.807) is 11.8 Å². The van der Waals surface area contributed by atoms with Gasteiger partial charge in [0.05, 0.1) is 12.6 Å². The molecule has 1 atom stereocenters. The summed E-state index contributed by atoms with van der Waals surface area (Å²) >= 11 is 0. The Bertz CT molecular complexity index is 773. The fraction of sp³-hybridized carbons (Fsp3) is 0.652. The van der Waals surface area contributed by atoms with Gasteiger partial charge >= 0.3 is 0 Å². The van der Waals surface area contributed by atoms with Gasteiger partial charge in [0.15, 0.2) is 0 Å². The molecule has 2 N–H and O–H groups in total. The van der Waals surface area contributed by atoms with Crippen molar-refractivity contribution in [2.24, 2.45) is 17.8 Å². The maximum atomic E-state index is 13.8. The number of nitrogens with zero attached hydrogens (tertiary/aromatic N) is 1. The monoisotopic (exact) mass is 419 g/mol. The quantitative estimate of drug-likeness (QED) is 0.709. The molecule has 4 aliphatic rings. The van der Waals surface area contributed by atoms with Crippen LogP contribution >= 0.6 is 0 Å². The second-order valence-electron chi connectivity index (χ2n) is 9.57. The van der Waals surface area contributed by atoms with Crippen molar-refractivity contribution in [3.8, 4) is 0 Å². The number of hydrogen-bond acceptors (Lipinski definition) is 3. The normalized spacial score (nSPS) is 30.4. The Morgan fingerprint density at radius 2 is 1.63 bits per heavy atom. The molecule has 5 nitrogen and oxygen atoms in total. The summed E-state index contributed by atoms with van der Waals surface area (Å²) < 4.78 is 27.6. The zero-order valence-corrected chi connectivity index (χ0v) is 17.7. The van der Waals surface area contributed by atoms with Crippen LogP contribution in [0, 0.1) is 29.4 Å². The molecular formula is C23H31F2N3O2. The maximum absolute atomic E-state index is 13.8. The Kier molecular flexibility index (Phi) is 5.84. The van der Waals surface area contributed by atoms with Crippen molar-refractivity contribution >= 4 is 17.5 Å². The Labute approximate surface area is 176 Å². The molecule has 4 saturated carbocycles. The van der Waals surface area contributed by atoms with Gasteiger partial charge in [0, 0.05) is 5.54 Å². The number of hydrogen-bond donors (Lipinski definition) is 2. The minimum absolute atomic E-state index is 0.0660. The van der Waals surface area contributed by atoms with E-state index in [0.717, 1.165) is 49.1 Å². The van der Waals surface area contributed by atoms with E-state index in [4.69, 9.17) is 0 Å². The van der Waals surface area contributed by atoms with E-state index < -0.39 is 29.3 Å². The minimum atomic E-state index is -0.820. The van der Waals surface area contributed by atoms with Crippen LogP contribution in [0.3, 0.4) is 0 Å². The predicted molar refractivity (Wildman–Crippen MR) is 111 cm³/mol. The summed E-state index contributed by atoms with van der Waals surface area (Å²) in [7, 11) is 0. The van der Waals surface area contributed by atoms with Gasteiger partial charge in [0.25, 0.3) is 0 Å². The molecule has 1 aromatic carbocycles. The Morgan fingerprint density at radius 1 is 1.10 bits per heavy atom. The highest BCUT2D eigenvalue weighted by molar-refractivity contribution is 5.93. The number of carbonyl (C=O) groups is 2. The Balaban J connectivity index is 1.37. The van der Waals surface area contributed by atoms with Crippen molar-refractivity contribution in [2.75, 3.05) is 18.4 Å². The van der Waals surface area contributed by atoms with Gasteiger partial charge in [-0.2, -0.15) is 0 Å². The van der Waals surface area contributed by atoms with E-state index in [2.05, 4.69) is 10.6 Å². The summed E-state index contributed by atoms with van der Waals surface area (Å²) in [5, 5.41) is 5.65. The summed E-state index contributed by atoms with van der Waals surface area (Å²) in [5.41, 5.74) is -0.540. The third kappa shape index (κ3) is 4.22. The molecule has 0 aliphatic heterocycles. The van der Waals surface area contributed by atoms with Gasteiger partial charge < -0.3 is 10.6 Å². The first-order valence-electron chi connectivity index (χ1n) is 11.1. The maximum Gasteiger partial charge on any atom is 0.238 e. The highest BCUT2D eigenvalue weighted by atomic mass is 19.1. The number of nitrogens with one attached hydrogen (secondary N) is 2. The van der Waals surface area contributed by atoms with Gasteiger partial charge in [-0.3, -0.25) is 14.5 Å². The molecule has 2 amide bonds. The highest BCUT2D eigenvalue weighted by Crippen LogP contribution is 2.55. The van der Waals surface area contributed by atoms with Gasteiger partial charge in [0.2, 0.25) is 11.8 Å². The number of amides is 2. The van der Waals surface area contributed by atoms with Crippen molar-refractivity contribution in [1.82, 2.24) is 10.2 Å². The lowest BCUT2D eigenvalue weighted by atomic mass is 9.53. The topological polar surface area (TPSA) is 61.4 Å². The lowest BCUT2D eigenvalue weighted by molar-refractivity contribution is -0.132. The molecule has 30 heavy (non-hydrogen) atoms. The number of para-hydroxylation sites is 1. The van der Waals surface area contributed by atoms with Crippen molar-refractivity contribution in [2.45, 2.75) is 64.0 Å². The minimum Gasteiger partial charge on any atom is -0.349 e. The Hall–Kier alpha value is -2.02. The number of carbonyl (C=O) groups excluding carboxylic acids is 2. The standard InChI is InChI=1S/C23H31F2N3O2/c1-3-28(13-20(29)26-21-18(24)5-4-6-19(21)25)14(2)22(30)27-23-10-15-7-16(11-23)9-17(8-15)12-23/h4-6,14-17H,3,7-13H2,1-2H3,(H,26,29)(H,27,30). The van der Waals surface area contributed by atoms with Crippen LogP contribution in [-0.4, -0.2) is 41.4 Å². The van der Waals surface area contributed by atoms with Crippen LogP contribution < -0.4 is 10.6 Å². The largest absolute Gasteiger partial charge is 0.349 e. The van der Waals surface area contributed by atoms with Gasteiger partial charge in [-0.1, -0.05) is 13.0 Å². The molecule has 164 valence electrons. The van der Waals surface area contributed by atoms with Crippen molar-refractivity contribution in [1.29, 1.82) is 0 Å². The average molecular weight is 420 g/mol. The van der Waals surface area contributed by atoms with Gasteiger partial charge in [-0.25, -0.2) is 8.78 Å². The first-order chi connectivity index (χ1) is 14.3. The first kappa shape index (κ1) is 21.2. The zero-order valence-electron chi connectivity index (χ0n) is 17.7. The molecule has 4 bridgehead atoms. The number of rotatable bonds is 7. The molecule has 7 heteroatoms. The average Bonchev–Trinajstić information content (AvgIpc) is 2.67. The van der Waals surface area contributed by atoms with Crippen LogP contribution in [0.15, 0.2) is 18.2 Å². The number of likely N-dealkylation sites (N-methyl/N-ethyl adjacent to an activating group) is 1. The lowest BCUT2D eigenvalue weighted by Crippen LogP contribution is -2.62. The van der Waals surface area contributed by atoms with E-state index in [9.17, 15) is 18.4 Å². The fourth-order valence-electron chi connectivity index (χ4n) is 6.30. The van der Waals surface area contributed by atoms with Gasteiger partial charge in [0.1, 0.15) is 17.3 Å². The van der Waals surface area contributed by atoms with Crippen molar-refractivity contribution in [3.05, 3.63) is 29.8 Å². The number of benzene rings is 1. The lowest BCUT2D eigenvalue weighted by Gasteiger charge is -2.57. The van der Waals surface area contributed by atoms with Crippen LogP contribution in [0.5, 0.6) is 0 Å². The second kappa shape index (κ2) is 8.25. The summed E-state index contributed by atoms with van der Waals surface area (Å²) in [6.07, 6.45) is 7.11. The van der Waals surface area contributed by atoms with Crippen LogP contribution in [0.25, 0.3) is 0 Å². The summed E-state index contributed by atoms with van der Waals surface area (Å²) in [5.74, 6) is -0.0567. The smallest absolute Gasteiger partial charge is 0.238 e. The van der Waals surface area contributed by atoms with E-state index in [-0.39, 0.29) is 18.0 Å². The Morgan fingerprint density at radius 3 is 2.13 bits per heavy atom. The molecule has 1 aromatic rings. The molecular weight excluding hydrogens is 388 g/mol. The molecule has 0 saturated heterocycles. The van der Waals surface area contributed by atoms with Gasteiger partial charge in [-0.15, -0.1) is 0 Å². The molecule has 4 aliphatic carbocycles. The molecule has 5 rings (SSSR count). The SMILES string of the molecule is CCN(CC(=O)Nc1c(F)cccc1F)C(C)C(=O)NC12CC3CC(CC(C3)C1)C2. The number of halogens is 2. The van der Waals surface area contributed by atoms with E-state index in [1.165, 1.54) is 25.3 Å². The molecule has 0 heterocycles. The number of anilines is 1. The third-order valence-corrected chi connectivity index (χ3v) is 7.33. The first-order valence-corrected chi connectivity index (χ1v) is 11.1. The summed E-state index contributed by atoms with van der Waals surface area (Å²) in [6, 6.07) is 2.93. The molecule has 0 radical (unpaired) electrons. The molecule has 0 spiro atoms. The van der Waals surface area contributed by atoms with Crippen LogP contribution in [0.4, 0.5) is 14.5 Å². The second-order valence-corrected chi connectivity index (χ2v) is 9.57. The molecule has 4 fully saturated rings. The van der Waals surface area contributed by atoms with Crippen LogP contribution in [0.2, 0.25) is 0 Å². The fourth-order valence-corrected chi connectivity index (χ4v) is 6.30. The van der Waals surface area contributed by atoms with E-state index >= 15 is 0 Å². The summed E-state index contributed by atoms with van der Waals surface area (Å²) in [4.78, 5) is 27.2. The van der Waals surface area contributed by atoms with E-state index in [0.29, 0.717) is 6.54 Å². The van der Waals surface area contributed by atoms with Crippen molar-refractivity contribution in [3.63, 3.8) is 0 Å². The zero-order chi connectivity index (χ0) is 21.5. The van der Waals surface area contributed by atoms with Crippen LogP contribution in [0.1, 0.15) is 52.4 Å². The van der Waals surface area contributed by atoms with Crippen LogP contribution in [-0.2, 0) is 9.59 Å². The van der Waals surface area contributed by atoms with Gasteiger partial charge in [-0.05, 0) is 81.9 Å². The molecule has 1 unspecified atom stereocenters. The third-order valence-electron chi connectivity index (χ3n) is 7.33. The van der Waals surface area contributed by atoms with E-state index in [1.807, 2.05) is 6.92 Å². The van der Waals surface area contributed by atoms with Crippen molar-refractivity contribution < 1.29 is 18.4 Å².